The molecule has 2 aromatic heterocycles. The number of ether oxygens (including phenoxy) is 1. The molecule has 0 aliphatic carbocycles. The molecule has 9 heteroatoms. The molecule has 1 unspecified atom stereocenters. The van der Waals surface area contributed by atoms with Gasteiger partial charge in [0.15, 0.2) is 6.10 Å². The van der Waals surface area contributed by atoms with Crippen molar-refractivity contribution in [1.29, 1.82) is 0 Å². The van der Waals surface area contributed by atoms with Gasteiger partial charge in [0.25, 0.3) is 10.0 Å². The number of aliphatic hydroxyl groups excluding tert-OH is 1. The molecule has 4 rings (SSSR count). The van der Waals surface area contributed by atoms with E-state index in [1.54, 1.807) is 60.3 Å². The van der Waals surface area contributed by atoms with Gasteiger partial charge >= 0.3 is 5.97 Å². The third-order valence-corrected chi connectivity index (χ3v) is 6.64. The van der Waals surface area contributed by atoms with Crippen LogP contribution < -0.4 is 0 Å². The van der Waals surface area contributed by atoms with Gasteiger partial charge in [-0.15, -0.1) is 0 Å². The number of hydrogen-bond donors (Lipinski definition) is 1. The molecule has 0 fully saturated rings. The van der Waals surface area contributed by atoms with E-state index in [2.05, 4.69) is 4.98 Å². The van der Waals surface area contributed by atoms with Crippen LogP contribution in [0.1, 0.15) is 28.0 Å². The Balaban J connectivity index is 2.14. The zero-order chi connectivity index (χ0) is 21.5. The third-order valence-electron chi connectivity index (χ3n) is 4.90. The van der Waals surface area contributed by atoms with Gasteiger partial charge in [0.2, 0.25) is 0 Å². The fourth-order valence-electron chi connectivity index (χ4n) is 3.52. The average Bonchev–Trinajstić information content (AvgIpc) is 3.34. The van der Waals surface area contributed by atoms with Crippen molar-refractivity contribution < 1.29 is 23.1 Å². The zero-order valence-corrected chi connectivity index (χ0v) is 17.1. The molecule has 0 saturated heterocycles. The SMILES string of the molecule is COC(=O)c1c(C(O)c2nccn2C)n(S(=O)(=O)c2ccccc2)c2ccccc12. The van der Waals surface area contributed by atoms with Crippen molar-refractivity contribution in [1.82, 2.24) is 13.5 Å². The number of hydrogen-bond acceptors (Lipinski definition) is 6. The predicted octanol–water partition coefficient (Wildman–Crippen LogP) is 2.48. The first kappa shape index (κ1) is 19.9. The van der Waals surface area contributed by atoms with Crippen LogP contribution in [-0.2, 0) is 21.8 Å². The van der Waals surface area contributed by atoms with Crippen LogP contribution in [0.4, 0.5) is 0 Å². The maximum atomic E-state index is 13.6. The molecular formula is C21H19N3O5S. The van der Waals surface area contributed by atoms with Gasteiger partial charge in [-0.1, -0.05) is 36.4 Å². The van der Waals surface area contributed by atoms with Crippen molar-refractivity contribution in [2.24, 2.45) is 7.05 Å². The number of carbonyl (C=O) groups is 1. The van der Waals surface area contributed by atoms with E-state index in [4.69, 9.17) is 4.74 Å². The second-order valence-corrected chi connectivity index (χ2v) is 8.44. The van der Waals surface area contributed by atoms with Crippen molar-refractivity contribution >= 4 is 26.9 Å². The summed E-state index contributed by atoms with van der Waals surface area (Å²) in [6.07, 6.45) is 1.61. The highest BCUT2D eigenvalue weighted by Gasteiger charge is 2.35. The Kier molecular flexibility index (Phi) is 4.92. The lowest BCUT2D eigenvalue weighted by Crippen LogP contribution is -2.21. The van der Waals surface area contributed by atoms with Crippen LogP contribution in [0.5, 0.6) is 0 Å². The molecule has 30 heavy (non-hydrogen) atoms. The highest BCUT2D eigenvalue weighted by molar-refractivity contribution is 7.90. The normalized spacial score (nSPS) is 12.8. The molecule has 8 nitrogen and oxygen atoms in total. The second-order valence-electron chi connectivity index (χ2n) is 6.65. The Morgan fingerprint density at radius 1 is 1.10 bits per heavy atom. The molecule has 0 radical (unpaired) electrons. The molecule has 2 aromatic carbocycles. The van der Waals surface area contributed by atoms with Crippen molar-refractivity contribution in [2.45, 2.75) is 11.0 Å². The van der Waals surface area contributed by atoms with E-state index in [0.717, 1.165) is 3.97 Å². The maximum absolute atomic E-state index is 13.6. The van der Waals surface area contributed by atoms with Gasteiger partial charge in [-0.2, -0.15) is 0 Å². The Labute approximate surface area is 173 Å². The topological polar surface area (TPSA) is 103 Å². The lowest BCUT2D eigenvalue weighted by molar-refractivity contribution is 0.0597. The summed E-state index contributed by atoms with van der Waals surface area (Å²) in [5, 5.41) is 11.6. The number of aliphatic hydroxyl groups is 1. The number of nitrogens with zero attached hydrogens (tertiary/aromatic N) is 3. The highest BCUT2D eigenvalue weighted by Crippen LogP contribution is 2.36. The van der Waals surface area contributed by atoms with Gasteiger partial charge in [0.1, 0.15) is 5.82 Å². The van der Waals surface area contributed by atoms with Gasteiger partial charge < -0.3 is 14.4 Å². The van der Waals surface area contributed by atoms with Gasteiger partial charge in [0.05, 0.1) is 28.8 Å². The van der Waals surface area contributed by atoms with Crippen LogP contribution in [0.2, 0.25) is 0 Å². The van der Waals surface area contributed by atoms with Crippen LogP contribution in [-0.4, -0.2) is 40.1 Å². The number of imidazole rings is 1. The molecule has 4 aromatic rings. The van der Waals surface area contributed by atoms with Gasteiger partial charge in [-0.05, 0) is 18.2 Å². The van der Waals surface area contributed by atoms with E-state index >= 15 is 0 Å². The molecule has 1 atom stereocenters. The summed E-state index contributed by atoms with van der Waals surface area (Å²) in [7, 11) is -1.28. The monoisotopic (exact) mass is 425 g/mol. The first-order valence-electron chi connectivity index (χ1n) is 9.05. The van der Waals surface area contributed by atoms with E-state index < -0.39 is 22.1 Å². The Hall–Kier alpha value is -3.43. The summed E-state index contributed by atoms with van der Waals surface area (Å²) in [5.41, 5.74) is 0.106. The van der Waals surface area contributed by atoms with Crippen LogP contribution in [0.15, 0.2) is 71.9 Å². The smallest absolute Gasteiger partial charge is 0.340 e. The molecule has 0 spiro atoms. The number of methoxy groups -OCH3 is 1. The predicted molar refractivity (Wildman–Crippen MR) is 110 cm³/mol. The highest BCUT2D eigenvalue weighted by atomic mass is 32.2. The van der Waals surface area contributed by atoms with E-state index in [-0.39, 0.29) is 27.5 Å². The summed E-state index contributed by atoms with van der Waals surface area (Å²) < 4.78 is 34.7. The van der Waals surface area contributed by atoms with E-state index in [9.17, 15) is 18.3 Å². The minimum absolute atomic E-state index is 0.0236. The molecule has 2 heterocycles. The largest absolute Gasteiger partial charge is 0.465 e. The van der Waals surface area contributed by atoms with E-state index in [1.165, 1.54) is 25.4 Å². The molecular weight excluding hydrogens is 406 g/mol. The Bertz CT molecular complexity index is 1340. The van der Waals surface area contributed by atoms with Gasteiger partial charge in [-0.25, -0.2) is 22.2 Å². The minimum Gasteiger partial charge on any atom is -0.465 e. The molecule has 0 aliphatic rings. The van der Waals surface area contributed by atoms with E-state index in [0.29, 0.717) is 5.39 Å². The van der Waals surface area contributed by atoms with Crippen LogP contribution >= 0.6 is 0 Å². The standard InChI is InChI=1S/C21H19N3O5S/c1-23-13-12-22-20(23)19(25)18-17(21(26)29-2)15-10-6-7-11-16(15)24(18)30(27,28)14-8-4-3-5-9-14/h3-13,19,25H,1-2H3. The summed E-state index contributed by atoms with van der Waals surface area (Å²) in [4.78, 5) is 16.9. The van der Waals surface area contributed by atoms with Crippen LogP contribution in [0.3, 0.4) is 0 Å². The number of carbonyl (C=O) groups excluding carboxylic acids is 1. The fraction of sp³-hybridized carbons (Fsp3) is 0.143. The van der Waals surface area contributed by atoms with E-state index in [1.807, 2.05) is 0 Å². The summed E-state index contributed by atoms with van der Waals surface area (Å²) in [6, 6.07) is 14.4. The number of aromatic nitrogens is 3. The van der Waals surface area contributed by atoms with Crippen molar-refractivity contribution in [3.63, 3.8) is 0 Å². The minimum atomic E-state index is -4.15. The van der Waals surface area contributed by atoms with Gasteiger partial charge in [-0.3, -0.25) is 0 Å². The molecule has 0 aliphatic heterocycles. The summed E-state index contributed by atoms with van der Waals surface area (Å²) >= 11 is 0. The molecule has 1 N–H and O–H groups in total. The number of fused-ring (bicyclic) bond motifs is 1. The zero-order valence-electron chi connectivity index (χ0n) is 16.3. The van der Waals surface area contributed by atoms with Crippen molar-refractivity contribution in [3.05, 3.63) is 84.1 Å². The summed E-state index contributed by atoms with van der Waals surface area (Å²) in [6.45, 7) is 0. The van der Waals surface area contributed by atoms with Crippen molar-refractivity contribution in [2.75, 3.05) is 7.11 Å². The second kappa shape index (κ2) is 7.43. The van der Waals surface area contributed by atoms with Gasteiger partial charge in [0, 0.05) is 24.8 Å². The molecule has 0 amide bonds. The number of para-hydroxylation sites is 1. The number of aryl methyl sites for hydroxylation is 1. The number of esters is 1. The van der Waals surface area contributed by atoms with Crippen molar-refractivity contribution in [3.8, 4) is 0 Å². The fourth-order valence-corrected chi connectivity index (χ4v) is 5.10. The molecule has 154 valence electrons. The lowest BCUT2D eigenvalue weighted by Gasteiger charge is -2.17. The lowest BCUT2D eigenvalue weighted by atomic mass is 10.1. The Morgan fingerprint density at radius 2 is 1.77 bits per heavy atom. The first-order chi connectivity index (χ1) is 14.4. The third kappa shape index (κ3) is 2.99. The number of benzene rings is 2. The number of rotatable bonds is 5. The van der Waals surface area contributed by atoms with Crippen LogP contribution in [0.25, 0.3) is 10.9 Å². The van der Waals surface area contributed by atoms with Crippen LogP contribution in [0, 0.1) is 0 Å². The average molecular weight is 425 g/mol. The molecule has 0 bridgehead atoms. The Morgan fingerprint density at radius 3 is 2.40 bits per heavy atom. The molecule has 0 saturated carbocycles. The quantitative estimate of drug-likeness (QED) is 0.493. The maximum Gasteiger partial charge on any atom is 0.340 e. The first-order valence-corrected chi connectivity index (χ1v) is 10.5. The summed E-state index contributed by atoms with van der Waals surface area (Å²) in [5.74, 6) is -0.566.